The van der Waals surface area contributed by atoms with E-state index in [0.29, 0.717) is 13.1 Å². The van der Waals surface area contributed by atoms with Gasteiger partial charge in [0, 0.05) is 17.5 Å². The van der Waals surface area contributed by atoms with Crippen molar-refractivity contribution in [2.75, 3.05) is 13.2 Å². The van der Waals surface area contributed by atoms with Crippen molar-refractivity contribution in [3.63, 3.8) is 0 Å². The Morgan fingerprint density at radius 2 is 1.89 bits per heavy atom. The maximum atomic E-state index is 12.4. The molecule has 0 saturated heterocycles. The lowest BCUT2D eigenvalue weighted by Gasteiger charge is -2.32. The normalized spacial score (nSPS) is 12.2. The van der Waals surface area contributed by atoms with E-state index in [1.165, 1.54) is 0 Å². The van der Waals surface area contributed by atoms with Gasteiger partial charge in [-0.1, -0.05) is 50.2 Å². The monoisotopic (exact) mass is 389 g/mol. The molecule has 3 amide bonds. The molecule has 0 aliphatic rings. The molecule has 0 saturated carbocycles. The zero-order valence-corrected chi connectivity index (χ0v) is 16.5. The Hall–Kier alpha value is -2.22. The van der Waals surface area contributed by atoms with Gasteiger partial charge in [0.15, 0.2) is 0 Å². The third kappa shape index (κ3) is 7.13. The van der Waals surface area contributed by atoms with Crippen LogP contribution in [-0.2, 0) is 17.9 Å². The molecule has 1 heterocycles. The third-order valence-electron chi connectivity index (χ3n) is 4.26. The van der Waals surface area contributed by atoms with Gasteiger partial charge in [-0.15, -0.1) is 11.3 Å². The summed E-state index contributed by atoms with van der Waals surface area (Å²) in [5.74, 6) is -0.229. The number of nitrogens with zero attached hydrogens (tertiary/aromatic N) is 1. The molecule has 0 spiro atoms. The van der Waals surface area contributed by atoms with Crippen LogP contribution in [0.1, 0.15) is 24.3 Å². The molecule has 1 aromatic carbocycles. The Labute approximate surface area is 164 Å². The summed E-state index contributed by atoms with van der Waals surface area (Å²) in [5.41, 5.74) is 1.05. The van der Waals surface area contributed by atoms with Crippen LogP contribution in [0, 0.1) is 5.92 Å². The SMILES string of the molecule is CC(C)C(CO)N(CC(=O)NC(=O)NCc1cccs1)Cc1ccccc1. The van der Waals surface area contributed by atoms with E-state index in [0.717, 1.165) is 10.4 Å². The summed E-state index contributed by atoms with van der Waals surface area (Å²) in [7, 11) is 0. The first kappa shape index (κ1) is 21.1. The molecule has 3 N–H and O–H groups in total. The van der Waals surface area contributed by atoms with Crippen molar-refractivity contribution in [2.45, 2.75) is 33.0 Å². The molecule has 0 aliphatic carbocycles. The highest BCUT2D eigenvalue weighted by Crippen LogP contribution is 2.14. The number of amides is 3. The average Bonchev–Trinajstić information content (AvgIpc) is 3.14. The van der Waals surface area contributed by atoms with Crippen LogP contribution in [0.2, 0.25) is 0 Å². The molecule has 27 heavy (non-hydrogen) atoms. The standard InChI is InChI=1S/C20H27N3O3S/c1-15(2)18(14-24)23(12-16-7-4-3-5-8-16)13-19(25)22-20(26)21-11-17-9-6-10-27-17/h3-10,15,18,24H,11-14H2,1-2H3,(H2,21,22,25,26). The van der Waals surface area contributed by atoms with Crippen LogP contribution in [0.15, 0.2) is 47.8 Å². The predicted molar refractivity (Wildman–Crippen MR) is 107 cm³/mol. The summed E-state index contributed by atoms with van der Waals surface area (Å²) in [6.07, 6.45) is 0. The highest BCUT2D eigenvalue weighted by molar-refractivity contribution is 7.09. The second-order valence-corrected chi connectivity index (χ2v) is 7.73. The van der Waals surface area contributed by atoms with E-state index >= 15 is 0 Å². The Bertz CT molecular complexity index is 705. The Morgan fingerprint density at radius 3 is 2.48 bits per heavy atom. The molecule has 2 rings (SSSR count). The van der Waals surface area contributed by atoms with Crippen LogP contribution < -0.4 is 10.6 Å². The van der Waals surface area contributed by atoms with Crippen molar-refractivity contribution in [1.82, 2.24) is 15.5 Å². The van der Waals surface area contributed by atoms with Gasteiger partial charge in [-0.25, -0.2) is 4.79 Å². The minimum atomic E-state index is -0.516. The fourth-order valence-corrected chi connectivity index (χ4v) is 3.48. The minimum absolute atomic E-state index is 0.0325. The van der Waals surface area contributed by atoms with Crippen LogP contribution in [0.5, 0.6) is 0 Å². The number of hydrogen-bond acceptors (Lipinski definition) is 5. The molecular formula is C20H27N3O3S. The van der Waals surface area contributed by atoms with Gasteiger partial charge < -0.3 is 10.4 Å². The number of urea groups is 1. The van der Waals surface area contributed by atoms with Crippen LogP contribution in [-0.4, -0.2) is 41.1 Å². The number of imide groups is 1. The molecule has 7 heteroatoms. The van der Waals surface area contributed by atoms with Crippen molar-refractivity contribution >= 4 is 23.3 Å². The fourth-order valence-electron chi connectivity index (χ4n) is 2.83. The average molecular weight is 390 g/mol. The number of rotatable bonds is 9. The number of thiophene rings is 1. The lowest BCUT2D eigenvalue weighted by Crippen LogP contribution is -2.49. The first-order valence-corrected chi connectivity index (χ1v) is 9.86. The molecule has 0 radical (unpaired) electrons. The molecule has 0 fully saturated rings. The van der Waals surface area contributed by atoms with Gasteiger partial charge in [-0.3, -0.25) is 15.0 Å². The Morgan fingerprint density at radius 1 is 1.15 bits per heavy atom. The number of hydrogen-bond donors (Lipinski definition) is 3. The molecular weight excluding hydrogens is 362 g/mol. The molecule has 6 nitrogen and oxygen atoms in total. The number of benzene rings is 1. The van der Waals surface area contributed by atoms with Crippen molar-refractivity contribution in [2.24, 2.45) is 5.92 Å². The number of carbonyl (C=O) groups is 2. The highest BCUT2D eigenvalue weighted by atomic mass is 32.1. The van der Waals surface area contributed by atoms with Crippen molar-refractivity contribution in [3.8, 4) is 0 Å². The van der Waals surface area contributed by atoms with Gasteiger partial charge in [-0.2, -0.15) is 0 Å². The zero-order valence-electron chi connectivity index (χ0n) is 15.7. The maximum absolute atomic E-state index is 12.4. The zero-order chi connectivity index (χ0) is 19.6. The van der Waals surface area contributed by atoms with E-state index < -0.39 is 11.9 Å². The number of aliphatic hydroxyl groups excluding tert-OH is 1. The number of aliphatic hydroxyl groups is 1. The van der Waals surface area contributed by atoms with Gasteiger partial charge in [0.1, 0.15) is 0 Å². The summed E-state index contributed by atoms with van der Waals surface area (Å²) in [6.45, 7) is 4.90. The van der Waals surface area contributed by atoms with E-state index in [2.05, 4.69) is 10.6 Å². The molecule has 2 aromatic rings. The third-order valence-corrected chi connectivity index (χ3v) is 5.13. The molecule has 0 bridgehead atoms. The maximum Gasteiger partial charge on any atom is 0.321 e. The topological polar surface area (TPSA) is 81.7 Å². The summed E-state index contributed by atoms with van der Waals surface area (Å²) in [4.78, 5) is 27.2. The summed E-state index contributed by atoms with van der Waals surface area (Å²) >= 11 is 1.54. The number of nitrogens with one attached hydrogen (secondary N) is 2. The largest absolute Gasteiger partial charge is 0.395 e. The van der Waals surface area contributed by atoms with Gasteiger partial charge in [0.05, 0.1) is 19.7 Å². The number of carbonyl (C=O) groups excluding carboxylic acids is 2. The quantitative estimate of drug-likeness (QED) is 0.616. The lowest BCUT2D eigenvalue weighted by molar-refractivity contribution is -0.122. The van der Waals surface area contributed by atoms with E-state index in [-0.39, 0.29) is 25.1 Å². The van der Waals surface area contributed by atoms with Gasteiger partial charge in [0.2, 0.25) is 5.91 Å². The Kier molecular flexibility index (Phi) is 8.44. The van der Waals surface area contributed by atoms with Crippen LogP contribution >= 0.6 is 11.3 Å². The molecule has 1 unspecified atom stereocenters. The fraction of sp³-hybridized carbons (Fsp3) is 0.400. The van der Waals surface area contributed by atoms with E-state index in [1.54, 1.807) is 11.3 Å². The van der Waals surface area contributed by atoms with Crippen molar-refractivity contribution < 1.29 is 14.7 Å². The van der Waals surface area contributed by atoms with Crippen LogP contribution in [0.3, 0.4) is 0 Å². The first-order valence-electron chi connectivity index (χ1n) is 8.98. The van der Waals surface area contributed by atoms with E-state index in [4.69, 9.17) is 0 Å². The van der Waals surface area contributed by atoms with Crippen molar-refractivity contribution in [3.05, 3.63) is 58.3 Å². The minimum Gasteiger partial charge on any atom is -0.395 e. The smallest absolute Gasteiger partial charge is 0.321 e. The van der Waals surface area contributed by atoms with E-state index in [9.17, 15) is 14.7 Å². The molecule has 0 aliphatic heterocycles. The van der Waals surface area contributed by atoms with Gasteiger partial charge in [0.25, 0.3) is 0 Å². The predicted octanol–water partition coefficient (Wildman–Crippen LogP) is 2.59. The summed E-state index contributed by atoms with van der Waals surface area (Å²) in [6, 6.07) is 12.9. The second kappa shape index (κ2) is 10.8. The second-order valence-electron chi connectivity index (χ2n) is 6.69. The van der Waals surface area contributed by atoms with Gasteiger partial charge in [-0.05, 0) is 22.9 Å². The Balaban J connectivity index is 1.93. The molecule has 1 aromatic heterocycles. The summed E-state index contributed by atoms with van der Waals surface area (Å²) < 4.78 is 0. The van der Waals surface area contributed by atoms with Crippen LogP contribution in [0.25, 0.3) is 0 Å². The van der Waals surface area contributed by atoms with Crippen LogP contribution in [0.4, 0.5) is 4.79 Å². The molecule has 1 atom stereocenters. The lowest BCUT2D eigenvalue weighted by atomic mass is 10.0. The van der Waals surface area contributed by atoms with Crippen molar-refractivity contribution in [1.29, 1.82) is 0 Å². The highest BCUT2D eigenvalue weighted by Gasteiger charge is 2.24. The first-order chi connectivity index (χ1) is 13.0. The molecule has 146 valence electrons. The summed E-state index contributed by atoms with van der Waals surface area (Å²) in [5, 5.41) is 16.8. The van der Waals surface area contributed by atoms with E-state index in [1.807, 2.05) is 66.6 Å². The van der Waals surface area contributed by atoms with Gasteiger partial charge >= 0.3 is 6.03 Å².